The van der Waals surface area contributed by atoms with Gasteiger partial charge in [-0.15, -0.1) is 0 Å². The maximum atomic E-state index is 13.4. The molecule has 2 aromatic rings. The molecule has 10 heteroatoms. The Hall–Kier alpha value is -2.29. The maximum absolute atomic E-state index is 13.4. The summed E-state index contributed by atoms with van der Waals surface area (Å²) >= 11 is 12.7. The molecule has 0 heterocycles. The number of rotatable bonds is 12. The zero-order valence-corrected chi connectivity index (χ0v) is 23.8. The highest BCUT2D eigenvalue weighted by molar-refractivity contribution is 7.92. The molecule has 0 fully saturated rings. The van der Waals surface area contributed by atoms with Gasteiger partial charge in [0.05, 0.1) is 11.9 Å². The molecule has 7 nitrogen and oxygen atoms in total. The Morgan fingerprint density at radius 3 is 2.11 bits per heavy atom. The van der Waals surface area contributed by atoms with E-state index in [1.54, 1.807) is 37.3 Å². The molecule has 1 atom stereocenters. The maximum Gasteiger partial charge on any atom is 0.242 e. The summed E-state index contributed by atoms with van der Waals surface area (Å²) < 4.78 is 26.1. The average Bonchev–Trinajstić information content (AvgIpc) is 2.79. The zero-order chi connectivity index (χ0) is 27.0. The quantitative estimate of drug-likeness (QED) is 0.397. The van der Waals surface area contributed by atoms with E-state index in [4.69, 9.17) is 23.2 Å². The van der Waals surface area contributed by atoms with Gasteiger partial charge in [0, 0.05) is 41.7 Å². The molecule has 0 aliphatic rings. The number of hydrogen-bond acceptors (Lipinski definition) is 4. The van der Waals surface area contributed by atoms with Crippen molar-refractivity contribution in [1.29, 1.82) is 0 Å². The molecule has 2 rings (SSSR count). The lowest BCUT2D eigenvalue weighted by molar-refractivity contribution is -0.140. The number of carbonyl (C=O) groups is 2. The van der Waals surface area contributed by atoms with Gasteiger partial charge >= 0.3 is 0 Å². The fourth-order valence-corrected chi connectivity index (χ4v) is 5.09. The number of hydrogen-bond donors (Lipinski definition) is 1. The van der Waals surface area contributed by atoms with Gasteiger partial charge in [0.2, 0.25) is 21.8 Å². The van der Waals surface area contributed by atoms with Crippen LogP contribution >= 0.6 is 23.2 Å². The summed E-state index contributed by atoms with van der Waals surface area (Å²) in [6.07, 6.45) is 1.45. The summed E-state index contributed by atoms with van der Waals surface area (Å²) in [6, 6.07) is 11.5. The molecule has 2 aromatic carbocycles. The van der Waals surface area contributed by atoms with Crippen LogP contribution in [0.15, 0.2) is 42.5 Å². The minimum atomic E-state index is -3.54. The fourth-order valence-electron chi connectivity index (χ4n) is 3.60. The van der Waals surface area contributed by atoms with E-state index in [-0.39, 0.29) is 43.7 Å². The van der Waals surface area contributed by atoms with Crippen molar-refractivity contribution in [3.05, 3.63) is 63.6 Å². The predicted octanol–water partition coefficient (Wildman–Crippen LogP) is 5.04. The average molecular weight is 557 g/mol. The highest BCUT2D eigenvalue weighted by Crippen LogP contribution is 2.27. The van der Waals surface area contributed by atoms with Crippen molar-refractivity contribution in [1.82, 2.24) is 10.2 Å². The van der Waals surface area contributed by atoms with Gasteiger partial charge in [-0.2, -0.15) is 0 Å². The van der Waals surface area contributed by atoms with Crippen molar-refractivity contribution in [3.63, 3.8) is 0 Å². The third kappa shape index (κ3) is 8.68. The molecule has 1 N–H and O–H groups in total. The SMILES string of the molecule is Cc1ccc(N(CCCC(=O)N(Cc2c(Cl)cccc2Cl)C(C)C(=O)NCC(C)C)S(C)(=O)=O)cc1. The number of carbonyl (C=O) groups excluding carboxylic acids is 2. The summed E-state index contributed by atoms with van der Waals surface area (Å²) in [6.45, 7) is 8.22. The van der Waals surface area contributed by atoms with Gasteiger partial charge in [-0.05, 0) is 50.5 Å². The Morgan fingerprint density at radius 2 is 1.58 bits per heavy atom. The largest absolute Gasteiger partial charge is 0.354 e. The van der Waals surface area contributed by atoms with E-state index in [1.807, 2.05) is 32.9 Å². The number of aryl methyl sites for hydroxylation is 1. The first-order chi connectivity index (χ1) is 16.8. The van der Waals surface area contributed by atoms with Crippen LogP contribution in [0.3, 0.4) is 0 Å². The summed E-state index contributed by atoms with van der Waals surface area (Å²) in [5, 5.41) is 3.67. The van der Waals surface area contributed by atoms with Gasteiger partial charge in [0.15, 0.2) is 0 Å². The van der Waals surface area contributed by atoms with Crippen LogP contribution in [0.1, 0.15) is 44.7 Å². The van der Waals surface area contributed by atoms with E-state index < -0.39 is 16.1 Å². The molecule has 0 aliphatic heterocycles. The van der Waals surface area contributed by atoms with Gasteiger partial charge in [0.25, 0.3) is 0 Å². The third-order valence-corrected chi connectivity index (χ3v) is 7.62. The molecular formula is C26H35Cl2N3O4S. The third-order valence-electron chi connectivity index (χ3n) is 5.72. The Balaban J connectivity index is 2.21. The molecule has 0 aromatic heterocycles. The van der Waals surface area contributed by atoms with Gasteiger partial charge in [0.1, 0.15) is 6.04 Å². The highest BCUT2D eigenvalue weighted by atomic mass is 35.5. The highest BCUT2D eigenvalue weighted by Gasteiger charge is 2.28. The molecule has 0 saturated heterocycles. The first kappa shape index (κ1) is 29.9. The second kappa shape index (κ2) is 13.3. The Kier molecular flexibility index (Phi) is 11.1. The van der Waals surface area contributed by atoms with E-state index >= 15 is 0 Å². The molecule has 0 radical (unpaired) electrons. The van der Waals surface area contributed by atoms with Crippen LogP contribution in [-0.4, -0.2) is 50.5 Å². The molecule has 0 bridgehead atoms. The molecular weight excluding hydrogens is 521 g/mol. The molecule has 2 amide bonds. The molecule has 0 spiro atoms. The molecule has 1 unspecified atom stereocenters. The van der Waals surface area contributed by atoms with Crippen LogP contribution in [0.2, 0.25) is 10.0 Å². The molecule has 36 heavy (non-hydrogen) atoms. The van der Waals surface area contributed by atoms with Gasteiger partial charge < -0.3 is 10.2 Å². The van der Waals surface area contributed by atoms with Crippen molar-refractivity contribution in [3.8, 4) is 0 Å². The van der Waals surface area contributed by atoms with Crippen LogP contribution in [0.5, 0.6) is 0 Å². The van der Waals surface area contributed by atoms with Gasteiger partial charge in [-0.1, -0.05) is 60.8 Å². The Morgan fingerprint density at radius 1 is 1.00 bits per heavy atom. The van der Waals surface area contributed by atoms with E-state index in [9.17, 15) is 18.0 Å². The number of amides is 2. The number of nitrogens with zero attached hydrogens (tertiary/aromatic N) is 2. The van der Waals surface area contributed by atoms with Crippen LogP contribution in [0.4, 0.5) is 5.69 Å². The topological polar surface area (TPSA) is 86.8 Å². The van der Waals surface area contributed by atoms with Crippen molar-refractivity contribution in [2.75, 3.05) is 23.7 Å². The second-order valence-corrected chi connectivity index (χ2v) is 12.0. The van der Waals surface area contributed by atoms with Crippen LogP contribution in [0, 0.1) is 12.8 Å². The van der Waals surface area contributed by atoms with E-state index in [0.717, 1.165) is 11.8 Å². The Bertz CT molecular complexity index is 1130. The standard InChI is InChI=1S/C26H35Cl2N3O4S/c1-18(2)16-29-26(33)20(4)30(17-22-23(27)8-6-9-24(22)28)25(32)10-7-15-31(36(5,34)35)21-13-11-19(3)12-14-21/h6,8-9,11-14,18,20H,7,10,15-17H2,1-5H3,(H,29,33). The lowest BCUT2D eigenvalue weighted by atomic mass is 10.1. The summed E-state index contributed by atoms with van der Waals surface area (Å²) in [7, 11) is -3.54. The van der Waals surface area contributed by atoms with Crippen molar-refractivity contribution >= 4 is 50.7 Å². The van der Waals surface area contributed by atoms with Crippen molar-refractivity contribution < 1.29 is 18.0 Å². The zero-order valence-electron chi connectivity index (χ0n) is 21.4. The number of sulfonamides is 1. The van der Waals surface area contributed by atoms with Crippen LogP contribution in [-0.2, 0) is 26.2 Å². The van der Waals surface area contributed by atoms with E-state index in [2.05, 4.69) is 5.32 Å². The van der Waals surface area contributed by atoms with Gasteiger partial charge in [-0.3, -0.25) is 13.9 Å². The lowest BCUT2D eigenvalue weighted by Crippen LogP contribution is -2.48. The van der Waals surface area contributed by atoms with Crippen LogP contribution in [0.25, 0.3) is 0 Å². The number of halogens is 2. The summed E-state index contributed by atoms with van der Waals surface area (Å²) in [5.41, 5.74) is 2.10. The monoisotopic (exact) mass is 555 g/mol. The predicted molar refractivity (Wildman–Crippen MR) is 147 cm³/mol. The first-order valence-corrected chi connectivity index (χ1v) is 14.5. The van der Waals surface area contributed by atoms with Gasteiger partial charge in [-0.25, -0.2) is 8.42 Å². The fraction of sp³-hybridized carbons (Fsp3) is 0.462. The minimum absolute atomic E-state index is 0.0434. The summed E-state index contributed by atoms with van der Waals surface area (Å²) in [4.78, 5) is 27.6. The number of anilines is 1. The smallest absolute Gasteiger partial charge is 0.242 e. The molecule has 0 aliphatic carbocycles. The summed E-state index contributed by atoms with van der Waals surface area (Å²) in [5.74, 6) is -0.319. The second-order valence-electron chi connectivity index (χ2n) is 9.31. The normalized spacial score (nSPS) is 12.3. The van der Waals surface area contributed by atoms with E-state index in [0.29, 0.717) is 27.8 Å². The molecule has 198 valence electrons. The Labute approximate surface area is 224 Å². The number of nitrogens with one attached hydrogen (secondary N) is 1. The molecule has 0 saturated carbocycles. The first-order valence-electron chi connectivity index (χ1n) is 11.9. The minimum Gasteiger partial charge on any atom is -0.354 e. The van der Waals surface area contributed by atoms with E-state index in [1.165, 1.54) is 9.21 Å². The lowest BCUT2D eigenvalue weighted by Gasteiger charge is -2.30. The van der Waals surface area contributed by atoms with Crippen LogP contribution < -0.4 is 9.62 Å². The van der Waals surface area contributed by atoms with Crippen molar-refractivity contribution in [2.24, 2.45) is 5.92 Å². The number of benzene rings is 2. The van der Waals surface area contributed by atoms with Crippen molar-refractivity contribution in [2.45, 2.75) is 53.1 Å².